The fourth-order valence-electron chi connectivity index (χ4n) is 1.88. The molecule has 0 atom stereocenters. The molecule has 2 rings (SSSR count). The molecule has 1 aromatic carbocycles. The molecule has 0 aliphatic carbocycles. The Kier molecular flexibility index (Phi) is 6.12. The number of aromatic hydroxyl groups is 1. The minimum absolute atomic E-state index is 0. The van der Waals surface area contributed by atoms with Crippen LogP contribution in [0.5, 0.6) is 5.75 Å². The SMILES string of the molecule is O=C(CCN1CCOCC1)c1ccc(O)cc1.[Cl-]. The molecule has 0 saturated carbocycles. The molecule has 4 nitrogen and oxygen atoms in total. The van der Waals surface area contributed by atoms with E-state index >= 15 is 0 Å². The number of ketones is 1. The van der Waals surface area contributed by atoms with Crippen molar-refractivity contribution in [1.82, 2.24) is 4.90 Å². The standard InChI is InChI=1S/C13H17NO3.ClH/c15-12-3-1-11(2-4-12)13(16)5-6-14-7-9-17-10-8-14;/h1-4,15H,5-10H2;1H/p-1. The molecule has 0 amide bonds. The predicted octanol–water partition coefficient (Wildman–Crippen LogP) is -1.70. The quantitative estimate of drug-likeness (QED) is 0.663. The fourth-order valence-corrected chi connectivity index (χ4v) is 1.88. The molecule has 0 unspecified atom stereocenters. The van der Waals surface area contributed by atoms with Crippen LogP contribution in [0.4, 0.5) is 0 Å². The summed E-state index contributed by atoms with van der Waals surface area (Å²) in [6, 6.07) is 6.41. The smallest absolute Gasteiger partial charge is 0.164 e. The number of halogens is 1. The Morgan fingerprint density at radius 3 is 2.44 bits per heavy atom. The van der Waals surface area contributed by atoms with Crippen LogP contribution in [0.1, 0.15) is 16.8 Å². The summed E-state index contributed by atoms with van der Waals surface area (Å²) in [7, 11) is 0. The van der Waals surface area contributed by atoms with Crippen LogP contribution in [-0.4, -0.2) is 48.6 Å². The zero-order valence-electron chi connectivity index (χ0n) is 10.1. The van der Waals surface area contributed by atoms with Crippen LogP contribution < -0.4 is 12.4 Å². The summed E-state index contributed by atoms with van der Waals surface area (Å²) < 4.78 is 5.25. The van der Waals surface area contributed by atoms with Crippen molar-refractivity contribution >= 4 is 5.78 Å². The lowest BCUT2D eigenvalue weighted by Crippen LogP contribution is -3.00. The molecule has 1 heterocycles. The van der Waals surface area contributed by atoms with Crippen LogP contribution in [0.15, 0.2) is 24.3 Å². The predicted molar refractivity (Wildman–Crippen MR) is 64.3 cm³/mol. The summed E-state index contributed by atoms with van der Waals surface area (Å²) in [4.78, 5) is 14.1. The number of hydrogen-bond donors (Lipinski definition) is 1. The second-order valence-electron chi connectivity index (χ2n) is 4.17. The molecule has 0 radical (unpaired) electrons. The van der Waals surface area contributed by atoms with Gasteiger partial charge in [0.1, 0.15) is 5.75 Å². The van der Waals surface area contributed by atoms with Crippen molar-refractivity contribution < 1.29 is 27.0 Å². The third kappa shape index (κ3) is 4.29. The molecule has 5 heteroatoms. The Bertz CT molecular complexity index is 374. The average molecular weight is 271 g/mol. The van der Waals surface area contributed by atoms with Crippen molar-refractivity contribution in [2.24, 2.45) is 0 Å². The number of carbonyl (C=O) groups is 1. The fraction of sp³-hybridized carbons (Fsp3) is 0.462. The average Bonchev–Trinajstić information content (AvgIpc) is 2.38. The van der Waals surface area contributed by atoms with E-state index in [1.807, 2.05) is 0 Å². The van der Waals surface area contributed by atoms with Gasteiger partial charge in [-0.3, -0.25) is 9.69 Å². The molecule has 1 aromatic rings. The van der Waals surface area contributed by atoms with Gasteiger partial charge >= 0.3 is 0 Å². The van der Waals surface area contributed by atoms with E-state index in [1.165, 1.54) is 0 Å². The van der Waals surface area contributed by atoms with Crippen LogP contribution in [0.2, 0.25) is 0 Å². The van der Waals surface area contributed by atoms with Crippen LogP contribution in [0.25, 0.3) is 0 Å². The Balaban J connectivity index is 0.00000162. The maximum absolute atomic E-state index is 11.9. The van der Waals surface area contributed by atoms with Crippen molar-refractivity contribution in [1.29, 1.82) is 0 Å². The molecule has 18 heavy (non-hydrogen) atoms. The summed E-state index contributed by atoms with van der Waals surface area (Å²) in [6.07, 6.45) is 0.519. The van der Waals surface area contributed by atoms with Crippen molar-refractivity contribution in [2.75, 3.05) is 32.8 Å². The zero-order chi connectivity index (χ0) is 12.1. The molecular formula is C13H17ClNO3-. The number of phenolic OH excluding ortho intramolecular Hbond substituents is 1. The molecular weight excluding hydrogens is 254 g/mol. The zero-order valence-corrected chi connectivity index (χ0v) is 10.9. The van der Waals surface area contributed by atoms with Gasteiger partial charge in [0.15, 0.2) is 5.78 Å². The van der Waals surface area contributed by atoms with E-state index in [-0.39, 0.29) is 23.9 Å². The summed E-state index contributed by atoms with van der Waals surface area (Å²) in [5.41, 5.74) is 0.663. The normalized spacial score (nSPS) is 16.0. The van der Waals surface area contributed by atoms with E-state index in [1.54, 1.807) is 24.3 Å². The van der Waals surface area contributed by atoms with Crippen LogP contribution in [0, 0.1) is 0 Å². The number of carbonyl (C=O) groups excluding carboxylic acids is 1. The van der Waals surface area contributed by atoms with Gasteiger partial charge in [0.2, 0.25) is 0 Å². The van der Waals surface area contributed by atoms with Gasteiger partial charge in [-0.15, -0.1) is 0 Å². The third-order valence-electron chi connectivity index (χ3n) is 2.95. The van der Waals surface area contributed by atoms with Gasteiger partial charge in [0.05, 0.1) is 13.2 Å². The first-order valence-corrected chi connectivity index (χ1v) is 5.88. The maximum atomic E-state index is 11.9. The van der Waals surface area contributed by atoms with E-state index < -0.39 is 0 Å². The lowest BCUT2D eigenvalue weighted by Gasteiger charge is -2.26. The molecule has 0 spiro atoms. The van der Waals surface area contributed by atoms with Gasteiger partial charge in [0, 0.05) is 31.6 Å². The largest absolute Gasteiger partial charge is 1.00 e. The minimum Gasteiger partial charge on any atom is -1.00 e. The van der Waals surface area contributed by atoms with Gasteiger partial charge in [-0.25, -0.2) is 0 Å². The number of phenols is 1. The van der Waals surface area contributed by atoms with Crippen molar-refractivity contribution in [2.45, 2.75) is 6.42 Å². The number of hydrogen-bond acceptors (Lipinski definition) is 4. The number of rotatable bonds is 4. The molecule has 1 aliphatic rings. The minimum atomic E-state index is 0. The van der Waals surface area contributed by atoms with Crippen LogP contribution >= 0.6 is 0 Å². The molecule has 0 aromatic heterocycles. The lowest BCUT2D eigenvalue weighted by atomic mass is 10.1. The number of morpholine rings is 1. The Labute approximate surface area is 113 Å². The molecule has 0 bridgehead atoms. The Morgan fingerprint density at radius 1 is 1.22 bits per heavy atom. The number of ether oxygens (including phenoxy) is 1. The van der Waals surface area contributed by atoms with Crippen molar-refractivity contribution in [3.8, 4) is 5.75 Å². The molecule has 1 N–H and O–H groups in total. The second-order valence-corrected chi connectivity index (χ2v) is 4.17. The number of Topliss-reactive ketones (excluding diaryl/α,β-unsaturated/α-hetero) is 1. The van der Waals surface area contributed by atoms with E-state index in [0.29, 0.717) is 12.0 Å². The van der Waals surface area contributed by atoms with Crippen molar-refractivity contribution in [3.63, 3.8) is 0 Å². The van der Waals surface area contributed by atoms with E-state index in [4.69, 9.17) is 9.84 Å². The summed E-state index contributed by atoms with van der Waals surface area (Å²) >= 11 is 0. The Morgan fingerprint density at radius 2 is 1.83 bits per heavy atom. The van der Waals surface area contributed by atoms with Crippen LogP contribution in [-0.2, 0) is 4.74 Å². The molecule has 1 aliphatic heterocycles. The van der Waals surface area contributed by atoms with E-state index in [9.17, 15) is 4.79 Å². The third-order valence-corrected chi connectivity index (χ3v) is 2.95. The highest BCUT2D eigenvalue weighted by molar-refractivity contribution is 5.96. The van der Waals surface area contributed by atoms with Gasteiger partial charge in [0.25, 0.3) is 0 Å². The first kappa shape index (κ1) is 15.0. The van der Waals surface area contributed by atoms with Gasteiger partial charge in [-0.1, -0.05) is 0 Å². The topological polar surface area (TPSA) is 49.8 Å². The summed E-state index contributed by atoms with van der Waals surface area (Å²) in [5.74, 6) is 0.311. The van der Waals surface area contributed by atoms with Gasteiger partial charge < -0.3 is 22.3 Å². The lowest BCUT2D eigenvalue weighted by molar-refractivity contribution is -0.0000132. The highest BCUT2D eigenvalue weighted by atomic mass is 35.5. The first-order chi connectivity index (χ1) is 8.25. The van der Waals surface area contributed by atoms with Crippen LogP contribution in [0.3, 0.4) is 0 Å². The van der Waals surface area contributed by atoms with E-state index in [2.05, 4.69) is 4.90 Å². The second kappa shape index (κ2) is 7.36. The highest BCUT2D eigenvalue weighted by Crippen LogP contribution is 2.11. The molecule has 100 valence electrons. The number of nitrogens with zero attached hydrogens (tertiary/aromatic N) is 1. The maximum Gasteiger partial charge on any atom is 0.164 e. The van der Waals surface area contributed by atoms with Gasteiger partial charge in [-0.2, -0.15) is 0 Å². The summed E-state index contributed by atoms with van der Waals surface area (Å²) in [6.45, 7) is 4.11. The Hall–Kier alpha value is -1.10. The highest BCUT2D eigenvalue weighted by Gasteiger charge is 2.12. The van der Waals surface area contributed by atoms with E-state index in [0.717, 1.165) is 32.8 Å². The molecule has 1 fully saturated rings. The number of benzene rings is 1. The van der Waals surface area contributed by atoms with Crippen molar-refractivity contribution in [3.05, 3.63) is 29.8 Å². The monoisotopic (exact) mass is 270 g/mol. The van der Waals surface area contributed by atoms with Gasteiger partial charge in [-0.05, 0) is 24.3 Å². The molecule has 1 saturated heterocycles. The first-order valence-electron chi connectivity index (χ1n) is 5.88. The summed E-state index contributed by atoms with van der Waals surface area (Å²) in [5, 5.41) is 9.14.